The van der Waals surface area contributed by atoms with Gasteiger partial charge in [-0.3, -0.25) is 0 Å². The zero-order valence-electron chi connectivity index (χ0n) is 11.8. The zero-order chi connectivity index (χ0) is 14.4. The minimum atomic E-state index is 0.565. The van der Waals surface area contributed by atoms with Crippen LogP contribution in [0, 0.1) is 6.92 Å². The maximum Gasteiger partial charge on any atom is 0.0745 e. The van der Waals surface area contributed by atoms with E-state index < -0.39 is 0 Å². The molecule has 0 aliphatic carbocycles. The summed E-state index contributed by atoms with van der Waals surface area (Å²) in [5.41, 5.74) is 9.43. The first-order valence-corrected chi connectivity index (χ1v) is 7.20. The molecule has 0 atom stereocenters. The molecule has 0 radical (unpaired) electrons. The van der Waals surface area contributed by atoms with Gasteiger partial charge in [0.05, 0.1) is 4.99 Å². The van der Waals surface area contributed by atoms with Crippen LogP contribution >= 0.6 is 12.2 Å². The third-order valence-electron chi connectivity index (χ3n) is 3.21. The summed E-state index contributed by atoms with van der Waals surface area (Å²) in [5.74, 6) is 0. The van der Waals surface area contributed by atoms with Gasteiger partial charge in [-0.1, -0.05) is 60.2 Å². The highest BCUT2D eigenvalue weighted by molar-refractivity contribution is 7.80. The summed E-state index contributed by atoms with van der Waals surface area (Å²) in [5, 5.41) is 0. The van der Waals surface area contributed by atoms with E-state index in [1.54, 1.807) is 0 Å². The van der Waals surface area contributed by atoms with Crippen molar-refractivity contribution in [2.75, 3.05) is 11.4 Å². The molecule has 0 aliphatic rings. The second kappa shape index (κ2) is 7.06. The van der Waals surface area contributed by atoms with Crippen molar-refractivity contribution in [1.82, 2.24) is 0 Å². The standard InChI is InChI=1S/C17H20N2S/c1-14-6-5-7-15(12-14)13-19(11-10-17(18)20)16-8-3-2-4-9-16/h2-9,12H,10-11,13H2,1H3,(H2,18,20). The molecule has 2 nitrogen and oxygen atoms in total. The highest BCUT2D eigenvalue weighted by Crippen LogP contribution is 2.17. The highest BCUT2D eigenvalue weighted by atomic mass is 32.1. The number of rotatable bonds is 6. The number of hydrogen-bond donors (Lipinski definition) is 1. The van der Waals surface area contributed by atoms with Gasteiger partial charge in [-0.15, -0.1) is 0 Å². The first-order valence-electron chi connectivity index (χ1n) is 6.79. The Labute approximate surface area is 126 Å². The van der Waals surface area contributed by atoms with Gasteiger partial charge in [0.25, 0.3) is 0 Å². The Morgan fingerprint density at radius 2 is 1.85 bits per heavy atom. The molecule has 0 aromatic heterocycles. The Kier molecular flexibility index (Phi) is 5.13. The quantitative estimate of drug-likeness (QED) is 0.821. The number of benzene rings is 2. The molecule has 20 heavy (non-hydrogen) atoms. The maximum atomic E-state index is 5.64. The normalized spacial score (nSPS) is 10.2. The molecule has 0 bridgehead atoms. The van der Waals surface area contributed by atoms with Crippen molar-refractivity contribution in [3.63, 3.8) is 0 Å². The van der Waals surface area contributed by atoms with Gasteiger partial charge in [0.1, 0.15) is 0 Å². The lowest BCUT2D eigenvalue weighted by molar-refractivity contribution is 0.806. The van der Waals surface area contributed by atoms with Gasteiger partial charge in [-0.25, -0.2) is 0 Å². The molecule has 0 unspecified atom stereocenters. The van der Waals surface area contributed by atoms with Crippen molar-refractivity contribution < 1.29 is 0 Å². The number of thiocarbonyl (C=S) groups is 1. The van der Waals surface area contributed by atoms with Gasteiger partial charge in [0.2, 0.25) is 0 Å². The first-order chi connectivity index (χ1) is 9.65. The Bertz CT molecular complexity index is 566. The van der Waals surface area contributed by atoms with Gasteiger partial charge in [-0.05, 0) is 24.6 Å². The van der Waals surface area contributed by atoms with Crippen LogP contribution in [0.1, 0.15) is 17.5 Å². The van der Waals surface area contributed by atoms with E-state index in [0.29, 0.717) is 4.99 Å². The van der Waals surface area contributed by atoms with E-state index in [2.05, 4.69) is 60.4 Å². The molecule has 0 heterocycles. The van der Waals surface area contributed by atoms with E-state index in [-0.39, 0.29) is 0 Å². The van der Waals surface area contributed by atoms with Crippen molar-refractivity contribution in [1.29, 1.82) is 0 Å². The molecule has 3 heteroatoms. The smallest absolute Gasteiger partial charge is 0.0745 e. The SMILES string of the molecule is Cc1cccc(CN(CCC(N)=S)c2ccccc2)c1. The molecule has 2 rings (SSSR count). The lowest BCUT2D eigenvalue weighted by Crippen LogP contribution is -2.27. The monoisotopic (exact) mass is 284 g/mol. The summed E-state index contributed by atoms with van der Waals surface area (Å²) in [6.45, 7) is 3.83. The van der Waals surface area contributed by atoms with Gasteiger partial charge in [0, 0.05) is 25.2 Å². The molecule has 0 saturated carbocycles. The van der Waals surface area contributed by atoms with Crippen LogP contribution in [0.25, 0.3) is 0 Å². The van der Waals surface area contributed by atoms with E-state index >= 15 is 0 Å². The van der Waals surface area contributed by atoms with Crippen molar-refractivity contribution in [2.24, 2.45) is 5.73 Å². The molecule has 0 saturated heterocycles. The molecule has 104 valence electrons. The summed E-state index contributed by atoms with van der Waals surface area (Å²) < 4.78 is 0. The fraction of sp³-hybridized carbons (Fsp3) is 0.235. The number of anilines is 1. The third kappa shape index (κ3) is 4.35. The van der Waals surface area contributed by atoms with Gasteiger partial charge in [-0.2, -0.15) is 0 Å². The van der Waals surface area contributed by atoms with Crippen molar-refractivity contribution in [3.8, 4) is 0 Å². The molecule has 0 spiro atoms. The van der Waals surface area contributed by atoms with Crippen molar-refractivity contribution in [3.05, 3.63) is 65.7 Å². The molecule has 0 aliphatic heterocycles. The number of aryl methyl sites for hydroxylation is 1. The number of hydrogen-bond acceptors (Lipinski definition) is 2. The van der Waals surface area contributed by atoms with Crippen LogP contribution in [-0.4, -0.2) is 11.5 Å². The minimum absolute atomic E-state index is 0.565. The average Bonchev–Trinajstić information content (AvgIpc) is 2.44. The van der Waals surface area contributed by atoms with Crippen molar-refractivity contribution >= 4 is 22.9 Å². The van der Waals surface area contributed by atoms with Crippen LogP contribution < -0.4 is 10.6 Å². The average molecular weight is 284 g/mol. The first kappa shape index (κ1) is 14.5. The maximum absolute atomic E-state index is 5.64. The van der Waals surface area contributed by atoms with Crippen LogP contribution in [-0.2, 0) is 6.54 Å². The molecule has 0 fully saturated rings. The molecular formula is C17H20N2S. The van der Waals surface area contributed by atoms with Crippen LogP contribution in [0.5, 0.6) is 0 Å². The molecule has 2 aromatic rings. The van der Waals surface area contributed by atoms with E-state index in [4.69, 9.17) is 18.0 Å². The largest absolute Gasteiger partial charge is 0.393 e. The van der Waals surface area contributed by atoms with Crippen molar-refractivity contribution in [2.45, 2.75) is 19.9 Å². The molecule has 2 aromatic carbocycles. The van der Waals surface area contributed by atoms with E-state index in [1.165, 1.54) is 16.8 Å². The second-order valence-electron chi connectivity index (χ2n) is 4.96. The Hall–Kier alpha value is -1.87. The predicted molar refractivity (Wildman–Crippen MR) is 90.1 cm³/mol. The van der Waals surface area contributed by atoms with Gasteiger partial charge < -0.3 is 10.6 Å². The highest BCUT2D eigenvalue weighted by Gasteiger charge is 2.07. The van der Waals surface area contributed by atoms with E-state index in [0.717, 1.165) is 19.5 Å². The second-order valence-corrected chi connectivity index (χ2v) is 5.49. The predicted octanol–water partition coefficient (Wildman–Crippen LogP) is 3.68. The van der Waals surface area contributed by atoms with Gasteiger partial charge >= 0.3 is 0 Å². The number of para-hydroxylation sites is 1. The summed E-state index contributed by atoms with van der Waals surface area (Å²) in [4.78, 5) is 2.88. The Morgan fingerprint density at radius 1 is 1.10 bits per heavy atom. The molecule has 2 N–H and O–H groups in total. The summed E-state index contributed by atoms with van der Waals surface area (Å²) >= 11 is 5.00. The van der Waals surface area contributed by atoms with Crippen LogP contribution in [0.4, 0.5) is 5.69 Å². The van der Waals surface area contributed by atoms with Gasteiger partial charge in [0.15, 0.2) is 0 Å². The van der Waals surface area contributed by atoms with E-state index in [9.17, 15) is 0 Å². The van der Waals surface area contributed by atoms with Crippen LogP contribution in [0.15, 0.2) is 54.6 Å². The molecule has 0 amide bonds. The fourth-order valence-corrected chi connectivity index (χ4v) is 2.31. The third-order valence-corrected chi connectivity index (χ3v) is 3.41. The van der Waals surface area contributed by atoms with Crippen LogP contribution in [0.2, 0.25) is 0 Å². The Balaban J connectivity index is 2.16. The fourth-order valence-electron chi connectivity index (χ4n) is 2.21. The lowest BCUT2D eigenvalue weighted by Gasteiger charge is -2.25. The summed E-state index contributed by atoms with van der Waals surface area (Å²) in [6, 6.07) is 19.0. The minimum Gasteiger partial charge on any atom is -0.393 e. The summed E-state index contributed by atoms with van der Waals surface area (Å²) in [6.07, 6.45) is 0.732. The number of nitrogens with two attached hydrogens (primary N) is 1. The van der Waals surface area contributed by atoms with Crippen LogP contribution in [0.3, 0.4) is 0 Å². The zero-order valence-corrected chi connectivity index (χ0v) is 12.6. The topological polar surface area (TPSA) is 29.3 Å². The molecular weight excluding hydrogens is 264 g/mol. The number of nitrogens with zero attached hydrogens (tertiary/aromatic N) is 1. The summed E-state index contributed by atoms with van der Waals surface area (Å²) in [7, 11) is 0. The Morgan fingerprint density at radius 3 is 2.50 bits per heavy atom. The lowest BCUT2D eigenvalue weighted by atomic mass is 10.1. The van der Waals surface area contributed by atoms with E-state index in [1.807, 2.05) is 6.07 Å².